The first-order valence-corrected chi connectivity index (χ1v) is 6.05. The van der Waals surface area contributed by atoms with E-state index in [1.807, 2.05) is 12.1 Å². The molecule has 1 aromatic carbocycles. The Hall–Kier alpha value is -1.54. The Bertz CT molecular complexity index is 501. The largest absolute Gasteiger partial charge is 0.472 e. The minimum absolute atomic E-state index is 0.613. The van der Waals surface area contributed by atoms with Gasteiger partial charge in [-0.15, -0.1) is 0 Å². The molecule has 1 aliphatic rings. The van der Waals surface area contributed by atoms with Crippen molar-refractivity contribution in [3.05, 3.63) is 59.5 Å². The fourth-order valence-corrected chi connectivity index (χ4v) is 2.71. The number of fused-ring (bicyclic) bond motifs is 1. The second-order valence-corrected chi connectivity index (χ2v) is 4.98. The van der Waals surface area contributed by atoms with E-state index in [0.717, 1.165) is 24.8 Å². The lowest BCUT2D eigenvalue weighted by molar-refractivity contribution is 0.0266. The quantitative estimate of drug-likeness (QED) is 0.857. The molecule has 88 valence electrons. The molecule has 2 heteroatoms. The van der Waals surface area contributed by atoms with Crippen LogP contribution in [0.4, 0.5) is 0 Å². The summed E-state index contributed by atoms with van der Waals surface area (Å²) in [5.41, 5.74) is 3.12. The van der Waals surface area contributed by atoms with Crippen LogP contribution >= 0.6 is 0 Å². The van der Waals surface area contributed by atoms with Crippen molar-refractivity contribution in [3.63, 3.8) is 0 Å². The summed E-state index contributed by atoms with van der Waals surface area (Å²) in [6.45, 7) is 0. The van der Waals surface area contributed by atoms with Crippen LogP contribution in [-0.4, -0.2) is 10.7 Å². The monoisotopic (exact) mass is 228 g/mol. The van der Waals surface area contributed by atoms with Crippen LogP contribution in [0, 0.1) is 0 Å². The second kappa shape index (κ2) is 4.04. The molecule has 1 unspecified atom stereocenters. The molecule has 3 rings (SSSR count). The van der Waals surface area contributed by atoms with E-state index >= 15 is 0 Å². The minimum Gasteiger partial charge on any atom is -0.472 e. The van der Waals surface area contributed by atoms with Crippen molar-refractivity contribution in [3.8, 4) is 0 Å². The van der Waals surface area contributed by atoms with Gasteiger partial charge in [0, 0.05) is 12.8 Å². The van der Waals surface area contributed by atoms with Crippen LogP contribution in [0.5, 0.6) is 0 Å². The molecule has 0 spiro atoms. The van der Waals surface area contributed by atoms with E-state index in [1.165, 1.54) is 11.1 Å². The Labute approximate surface area is 101 Å². The van der Waals surface area contributed by atoms with E-state index in [2.05, 4.69) is 18.2 Å². The molecule has 0 bridgehead atoms. The van der Waals surface area contributed by atoms with E-state index in [-0.39, 0.29) is 0 Å². The van der Waals surface area contributed by atoms with Gasteiger partial charge < -0.3 is 9.52 Å². The Morgan fingerprint density at radius 2 is 2.00 bits per heavy atom. The first kappa shape index (κ1) is 10.6. The molecule has 17 heavy (non-hydrogen) atoms. The standard InChI is InChI=1S/C15H16O2/c16-15(9-12-6-8-17-11-12)7-5-13-3-1-2-4-14(13)10-15/h1-4,6,8,11,16H,5,7,9-10H2. The first-order chi connectivity index (χ1) is 8.25. The van der Waals surface area contributed by atoms with Crippen LogP contribution in [0.1, 0.15) is 23.1 Å². The molecule has 1 N–H and O–H groups in total. The maximum absolute atomic E-state index is 10.6. The van der Waals surface area contributed by atoms with Crippen molar-refractivity contribution in [1.29, 1.82) is 0 Å². The molecule has 1 heterocycles. The van der Waals surface area contributed by atoms with Gasteiger partial charge in [-0.25, -0.2) is 0 Å². The Kier molecular flexibility index (Phi) is 2.52. The third kappa shape index (κ3) is 2.13. The molecule has 0 saturated carbocycles. The van der Waals surface area contributed by atoms with Gasteiger partial charge in [0.1, 0.15) is 0 Å². The summed E-state index contributed by atoms with van der Waals surface area (Å²) in [5.74, 6) is 0. The van der Waals surface area contributed by atoms with Crippen LogP contribution < -0.4 is 0 Å². The van der Waals surface area contributed by atoms with Crippen molar-refractivity contribution < 1.29 is 9.52 Å². The molecule has 2 aromatic rings. The first-order valence-electron chi connectivity index (χ1n) is 6.05. The van der Waals surface area contributed by atoms with E-state index in [9.17, 15) is 5.11 Å². The summed E-state index contributed by atoms with van der Waals surface area (Å²) >= 11 is 0. The van der Waals surface area contributed by atoms with Gasteiger partial charge in [0.2, 0.25) is 0 Å². The maximum atomic E-state index is 10.6. The summed E-state index contributed by atoms with van der Waals surface area (Å²) in [5, 5.41) is 10.6. The van der Waals surface area contributed by atoms with Gasteiger partial charge in [0.25, 0.3) is 0 Å². The lowest BCUT2D eigenvalue weighted by Crippen LogP contribution is -2.37. The van der Waals surface area contributed by atoms with E-state index in [4.69, 9.17) is 4.42 Å². The zero-order valence-corrected chi connectivity index (χ0v) is 9.73. The highest BCUT2D eigenvalue weighted by Crippen LogP contribution is 2.31. The van der Waals surface area contributed by atoms with Gasteiger partial charge in [-0.3, -0.25) is 0 Å². The molecular formula is C15H16O2. The Morgan fingerprint density at radius 1 is 1.18 bits per heavy atom. The maximum Gasteiger partial charge on any atom is 0.0935 e. The predicted molar refractivity (Wildman–Crippen MR) is 65.8 cm³/mol. The number of aliphatic hydroxyl groups is 1. The summed E-state index contributed by atoms with van der Waals surface area (Å²) in [7, 11) is 0. The van der Waals surface area contributed by atoms with Crippen LogP contribution in [0.25, 0.3) is 0 Å². The molecular weight excluding hydrogens is 212 g/mol. The van der Waals surface area contributed by atoms with Crippen LogP contribution in [-0.2, 0) is 19.3 Å². The Balaban J connectivity index is 1.82. The average Bonchev–Trinajstić information content (AvgIpc) is 2.81. The third-order valence-electron chi connectivity index (χ3n) is 3.61. The highest BCUT2D eigenvalue weighted by molar-refractivity contribution is 5.32. The number of benzene rings is 1. The molecule has 1 aromatic heterocycles. The highest BCUT2D eigenvalue weighted by Gasteiger charge is 2.32. The van der Waals surface area contributed by atoms with Crippen molar-refractivity contribution in [2.24, 2.45) is 0 Å². The van der Waals surface area contributed by atoms with E-state index in [0.29, 0.717) is 6.42 Å². The van der Waals surface area contributed by atoms with Crippen LogP contribution in [0.15, 0.2) is 47.3 Å². The van der Waals surface area contributed by atoms with E-state index < -0.39 is 5.60 Å². The number of furan rings is 1. The zero-order chi connectivity index (χ0) is 11.7. The number of hydrogen-bond acceptors (Lipinski definition) is 2. The van der Waals surface area contributed by atoms with Gasteiger partial charge >= 0.3 is 0 Å². The van der Waals surface area contributed by atoms with Gasteiger partial charge in [-0.2, -0.15) is 0 Å². The zero-order valence-electron chi connectivity index (χ0n) is 9.73. The van der Waals surface area contributed by atoms with Crippen molar-refractivity contribution in [2.75, 3.05) is 0 Å². The number of hydrogen-bond donors (Lipinski definition) is 1. The average molecular weight is 228 g/mol. The number of aryl methyl sites for hydroxylation is 1. The normalized spacial score (nSPS) is 23.4. The molecule has 1 aliphatic carbocycles. The molecule has 0 aliphatic heterocycles. The van der Waals surface area contributed by atoms with Crippen LogP contribution in [0.2, 0.25) is 0 Å². The van der Waals surface area contributed by atoms with Gasteiger partial charge in [0.05, 0.1) is 18.1 Å². The summed E-state index contributed by atoms with van der Waals surface area (Å²) in [6, 6.07) is 10.3. The fourth-order valence-electron chi connectivity index (χ4n) is 2.71. The van der Waals surface area contributed by atoms with Crippen molar-refractivity contribution in [1.82, 2.24) is 0 Å². The fraction of sp³-hybridized carbons (Fsp3) is 0.333. The number of rotatable bonds is 2. The SMILES string of the molecule is OC1(Cc2ccoc2)CCc2ccccc2C1. The van der Waals surface area contributed by atoms with Crippen molar-refractivity contribution >= 4 is 0 Å². The topological polar surface area (TPSA) is 33.4 Å². The summed E-state index contributed by atoms with van der Waals surface area (Å²) < 4.78 is 5.06. The molecule has 2 nitrogen and oxygen atoms in total. The van der Waals surface area contributed by atoms with Crippen molar-refractivity contribution in [2.45, 2.75) is 31.3 Å². The molecule has 1 atom stereocenters. The van der Waals surface area contributed by atoms with Crippen LogP contribution in [0.3, 0.4) is 0 Å². The molecule has 0 saturated heterocycles. The molecule has 0 radical (unpaired) electrons. The third-order valence-corrected chi connectivity index (χ3v) is 3.61. The lowest BCUT2D eigenvalue weighted by atomic mass is 9.77. The van der Waals surface area contributed by atoms with E-state index in [1.54, 1.807) is 12.5 Å². The van der Waals surface area contributed by atoms with Gasteiger partial charge in [0.15, 0.2) is 0 Å². The Morgan fingerprint density at radius 3 is 2.76 bits per heavy atom. The molecule has 0 amide bonds. The summed E-state index contributed by atoms with van der Waals surface area (Å²) in [6.07, 6.45) is 6.60. The lowest BCUT2D eigenvalue weighted by Gasteiger charge is -2.33. The van der Waals surface area contributed by atoms with Gasteiger partial charge in [-0.05, 0) is 35.6 Å². The summed E-state index contributed by atoms with van der Waals surface area (Å²) in [4.78, 5) is 0. The highest BCUT2D eigenvalue weighted by atomic mass is 16.3. The second-order valence-electron chi connectivity index (χ2n) is 4.98. The molecule has 0 fully saturated rings. The minimum atomic E-state index is -0.613. The van der Waals surface area contributed by atoms with Gasteiger partial charge in [-0.1, -0.05) is 24.3 Å². The smallest absolute Gasteiger partial charge is 0.0935 e. The predicted octanol–water partition coefficient (Wildman–Crippen LogP) is 2.74.